The molecule has 1 aliphatic rings. The van der Waals surface area contributed by atoms with Crippen LogP contribution < -0.4 is 5.32 Å². The molecule has 1 fully saturated rings. The lowest BCUT2D eigenvalue weighted by Gasteiger charge is -2.16. The summed E-state index contributed by atoms with van der Waals surface area (Å²) in [5, 5.41) is 2.20. The van der Waals surface area contributed by atoms with Crippen molar-refractivity contribution in [1.29, 1.82) is 0 Å². The summed E-state index contributed by atoms with van der Waals surface area (Å²) in [6.07, 6.45) is 0.0962. The van der Waals surface area contributed by atoms with E-state index in [1.54, 1.807) is 6.92 Å². The number of carbonyl (C=O) groups is 2. The normalized spacial score (nSPS) is 21.5. The molecule has 90 valence electrons. The summed E-state index contributed by atoms with van der Waals surface area (Å²) >= 11 is 0. The van der Waals surface area contributed by atoms with Gasteiger partial charge >= 0.3 is 0 Å². The topological polar surface area (TPSA) is 46.2 Å². The van der Waals surface area contributed by atoms with E-state index in [0.29, 0.717) is 5.56 Å². The van der Waals surface area contributed by atoms with E-state index in [2.05, 4.69) is 5.32 Å². The van der Waals surface area contributed by atoms with E-state index in [-0.39, 0.29) is 24.2 Å². The van der Waals surface area contributed by atoms with Gasteiger partial charge in [-0.15, -0.1) is 0 Å². The SMILES string of the molecule is CC(c1ccc(F)c(F)c1)C1CC(=O)NC1=O. The number of rotatable bonds is 2. The molecule has 2 atom stereocenters. The third-order valence-electron chi connectivity index (χ3n) is 3.08. The Hall–Kier alpha value is -1.78. The molecule has 0 saturated carbocycles. The molecule has 17 heavy (non-hydrogen) atoms. The van der Waals surface area contributed by atoms with Crippen LogP contribution in [0.2, 0.25) is 0 Å². The molecule has 0 aliphatic carbocycles. The van der Waals surface area contributed by atoms with Crippen LogP contribution in [0.4, 0.5) is 8.78 Å². The molecule has 5 heteroatoms. The van der Waals surface area contributed by atoms with Gasteiger partial charge in [0.25, 0.3) is 0 Å². The molecule has 1 aromatic carbocycles. The first kappa shape index (κ1) is 11.7. The molecule has 1 N–H and O–H groups in total. The van der Waals surface area contributed by atoms with Gasteiger partial charge in [-0.05, 0) is 23.6 Å². The van der Waals surface area contributed by atoms with Crippen LogP contribution >= 0.6 is 0 Å². The Morgan fingerprint density at radius 1 is 1.29 bits per heavy atom. The third-order valence-corrected chi connectivity index (χ3v) is 3.08. The fourth-order valence-corrected chi connectivity index (χ4v) is 2.01. The van der Waals surface area contributed by atoms with Crippen LogP contribution in [-0.2, 0) is 9.59 Å². The van der Waals surface area contributed by atoms with Crippen molar-refractivity contribution in [2.24, 2.45) is 5.92 Å². The van der Waals surface area contributed by atoms with Gasteiger partial charge in [0.2, 0.25) is 11.8 Å². The van der Waals surface area contributed by atoms with Crippen LogP contribution in [0, 0.1) is 17.6 Å². The summed E-state index contributed by atoms with van der Waals surface area (Å²) in [7, 11) is 0. The summed E-state index contributed by atoms with van der Waals surface area (Å²) < 4.78 is 25.8. The van der Waals surface area contributed by atoms with Crippen molar-refractivity contribution < 1.29 is 18.4 Å². The molecule has 0 aromatic heterocycles. The minimum atomic E-state index is -0.945. The molecule has 2 unspecified atom stereocenters. The van der Waals surface area contributed by atoms with Crippen molar-refractivity contribution >= 4 is 11.8 Å². The van der Waals surface area contributed by atoms with Crippen LogP contribution in [0.1, 0.15) is 24.8 Å². The Kier molecular flexibility index (Phi) is 2.92. The predicted octanol–water partition coefficient (Wildman–Crippen LogP) is 1.73. The molecule has 0 spiro atoms. The van der Waals surface area contributed by atoms with Gasteiger partial charge in [-0.1, -0.05) is 13.0 Å². The first-order chi connectivity index (χ1) is 7.99. The molecule has 3 nitrogen and oxygen atoms in total. The van der Waals surface area contributed by atoms with Crippen molar-refractivity contribution in [1.82, 2.24) is 5.32 Å². The van der Waals surface area contributed by atoms with E-state index in [1.165, 1.54) is 6.07 Å². The Balaban J connectivity index is 2.25. The van der Waals surface area contributed by atoms with Crippen LogP contribution in [0.3, 0.4) is 0 Å². The lowest BCUT2D eigenvalue weighted by atomic mass is 9.86. The number of amides is 2. The lowest BCUT2D eigenvalue weighted by Crippen LogP contribution is -2.24. The molecule has 2 rings (SSSR count). The highest BCUT2D eigenvalue weighted by molar-refractivity contribution is 6.03. The standard InChI is InChI=1S/C12H11F2NO2/c1-6(8-5-11(16)15-12(8)17)7-2-3-9(13)10(14)4-7/h2-4,6,8H,5H2,1H3,(H,15,16,17). The van der Waals surface area contributed by atoms with Gasteiger partial charge in [-0.3, -0.25) is 14.9 Å². The van der Waals surface area contributed by atoms with E-state index in [9.17, 15) is 18.4 Å². The summed E-state index contributed by atoms with van der Waals surface area (Å²) in [6, 6.07) is 3.52. The molecule has 2 amide bonds. The first-order valence-corrected chi connectivity index (χ1v) is 5.27. The minimum Gasteiger partial charge on any atom is -0.296 e. The van der Waals surface area contributed by atoms with Gasteiger partial charge in [0.05, 0.1) is 5.92 Å². The zero-order chi connectivity index (χ0) is 12.6. The van der Waals surface area contributed by atoms with Gasteiger partial charge < -0.3 is 0 Å². The summed E-state index contributed by atoms with van der Waals surface area (Å²) in [4.78, 5) is 22.5. The van der Waals surface area contributed by atoms with Crippen LogP contribution in [0.5, 0.6) is 0 Å². The molecule has 1 aromatic rings. The summed E-state index contributed by atoms with van der Waals surface area (Å²) in [6.45, 7) is 1.72. The number of imide groups is 1. The van der Waals surface area contributed by atoms with Gasteiger partial charge in [0, 0.05) is 6.42 Å². The Labute approximate surface area is 96.8 Å². The number of nitrogens with one attached hydrogen (secondary N) is 1. The summed E-state index contributed by atoms with van der Waals surface area (Å²) in [5.41, 5.74) is 0.513. The number of hydrogen-bond acceptors (Lipinski definition) is 2. The number of hydrogen-bond donors (Lipinski definition) is 1. The van der Waals surface area contributed by atoms with Crippen LogP contribution in [0.25, 0.3) is 0 Å². The zero-order valence-corrected chi connectivity index (χ0v) is 9.17. The number of halogens is 2. The molecule has 0 bridgehead atoms. The van der Waals surface area contributed by atoms with Gasteiger partial charge in [-0.2, -0.15) is 0 Å². The van der Waals surface area contributed by atoms with E-state index in [1.807, 2.05) is 0 Å². The Morgan fingerprint density at radius 2 is 2.00 bits per heavy atom. The van der Waals surface area contributed by atoms with Crippen molar-refractivity contribution in [2.75, 3.05) is 0 Å². The van der Waals surface area contributed by atoms with E-state index < -0.39 is 17.6 Å². The van der Waals surface area contributed by atoms with Crippen LogP contribution in [0.15, 0.2) is 18.2 Å². The smallest absolute Gasteiger partial charge is 0.230 e. The van der Waals surface area contributed by atoms with Crippen LogP contribution in [-0.4, -0.2) is 11.8 Å². The minimum absolute atomic E-state index is 0.0962. The van der Waals surface area contributed by atoms with E-state index >= 15 is 0 Å². The lowest BCUT2D eigenvalue weighted by molar-refractivity contribution is -0.126. The molecule has 0 radical (unpaired) electrons. The monoisotopic (exact) mass is 239 g/mol. The Bertz CT molecular complexity index is 487. The second kappa shape index (κ2) is 4.24. The molecule has 1 heterocycles. The highest BCUT2D eigenvalue weighted by Crippen LogP contribution is 2.30. The zero-order valence-electron chi connectivity index (χ0n) is 9.17. The fraction of sp³-hybridized carbons (Fsp3) is 0.333. The van der Waals surface area contributed by atoms with Gasteiger partial charge in [-0.25, -0.2) is 8.78 Å². The second-order valence-electron chi connectivity index (χ2n) is 4.19. The van der Waals surface area contributed by atoms with Gasteiger partial charge in [0.15, 0.2) is 11.6 Å². The maximum absolute atomic E-state index is 13.1. The maximum Gasteiger partial charge on any atom is 0.230 e. The Morgan fingerprint density at radius 3 is 2.53 bits per heavy atom. The molecule has 1 saturated heterocycles. The number of carbonyl (C=O) groups excluding carboxylic acids is 2. The molecular weight excluding hydrogens is 228 g/mol. The first-order valence-electron chi connectivity index (χ1n) is 5.27. The molecule has 1 aliphatic heterocycles. The second-order valence-corrected chi connectivity index (χ2v) is 4.19. The van der Waals surface area contributed by atoms with Crippen molar-refractivity contribution in [3.63, 3.8) is 0 Å². The predicted molar refractivity (Wildman–Crippen MR) is 56.0 cm³/mol. The third kappa shape index (κ3) is 2.18. The quantitative estimate of drug-likeness (QED) is 0.799. The average molecular weight is 239 g/mol. The highest BCUT2D eigenvalue weighted by atomic mass is 19.2. The van der Waals surface area contributed by atoms with Crippen molar-refractivity contribution in [2.45, 2.75) is 19.3 Å². The van der Waals surface area contributed by atoms with E-state index in [4.69, 9.17) is 0 Å². The average Bonchev–Trinajstić information content (AvgIpc) is 2.61. The summed E-state index contributed by atoms with van der Waals surface area (Å²) in [5.74, 6) is -3.38. The van der Waals surface area contributed by atoms with Crippen molar-refractivity contribution in [3.8, 4) is 0 Å². The van der Waals surface area contributed by atoms with Gasteiger partial charge in [0.1, 0.15) is 0 Å². The van der Waals surface area contributed by atoms with E-state index in [0.717, 1.165) is 12.1 Å². The van der Waals surface area contributed by atoms with Crippen molar-refractivity contribution in [3.05, 3.63) is 35.4 Å². The largest absolute Gasteiger partial charge is 0.296 e. The molecular formula is C12H11F2NO2. The fourth-order valence-electron chi connectivity index (χ4n) is 2.01. The maximum atomic E-state index is 13.1. The number of benzene rings is 1. The highest BCUT2D eigenvalue weighted by Gasteiger charge is 2.35.